The van der Waals surface area contributed by atoms with E-state index in [0.29, 0.717) is 29.4 Å². The molecule has 1 atom stereocenters. The van der Waals surface area contributed by atoms with Crippen LogP contribution in [0.4, 0.5) is 5.69 Å². The topological polar surface area (TPSA) is 72.2 Å². The van der Waals surface area contributed by atoms with Gasteiger partial charge in [0, 0.05) is 46.0 Å². The van der Waals surface area contributed by atoms with Gasteiger partial charge in [0.15, 0.2) is 0 Å². The van der Waals surface area contributed by atoms with Gasteiger partial charge in [-0.25, -0.2) is 0 Å². The SMILES string of the molecule is CS(=O)CCCNCc1cc(Cl)ccc1[N+](=O)[O-]. The normalized spacial score (nSPS) is 12.3. The lowest BCUT2D eigenvalue weighted by molar-refractivity contribution is -0.385. The van der Waals surface area contributed by atoms with E-state index in [9.17, 15) is 14.3 Å². The molecule has 0 heterocycles. The maximum atomic E-state index is 10.8. The lowest BCUT2D eigenvalue weighted by atomic mass is 10.2. The molecule has 0 radical (unpaired) electrons. The van der Waals surface area contributed by atoms with Crippen molar-refractivity contribution in [1.82, 2.24) is 5.32 Å². The second-order valence-electron chi connectivity index (χ2n) is 3.84. The number of hydrogen-bond acceptors (Lipinski definition) is 4. The number of rotatable bonds is 7. The van der Waals surface area contributed by atoms with E-state index >= 15 is 0 Å². The summed E-state index contributed by atoms with van der Waals surface area (Å²) in [5.41, 5.74) is 0.621. The Hall–Kier alpha value is -0.980. The van der Waals surface area contributed by atoms with Gasteiger partial charge in [-0.15, -0.1) is 0 Å². The molecule has 0 fully saturated rings. The highest BCUT2D eigenvalue weighted by Crippen LogP contribution is 2.22. The Morgan fingerprint density at radius 1 is 1.50 bits per heavy atom. The van der Waals surface area contributed by atoms with Gasteiger partial charge in [-0.2, -0.15) is 0 Å². The first-order valence-electron chi connectivity index (χ1n) is 5.44. The Morgan fingerprint density at radius 2 is 2.22 bits per heavy atom. The summed E-state index contributed by atoms with van der Waals surface area (Å²) in [4.78, 5) is 10.4. The van der Waals surface area contributed by atoms with Crippen molar-refractivity contribution in [2.45, 2.75) is 13.0 Å². The largest absolute Gasteiger partial charge is 0.312 e. The molecule has 100 valence electrons. The van der Waals surface area contributed by atoms with Crippen LogP contribution in [0.2, 0.25) is 5.02 Å². The van der Waals surface area contributed by atoms with E-state index in [-0.39, 0.29) is 5.69 Å². The molecule has 0 aliphatic rings. The second kappa shape index (κ2) is 7.45. The van der Waals surface area contributed by atoms with Crippen molar-refractivity contribution >= 4 is 28.1 Å². The first-order valence-corrected chi connectivity index (χ1v) is 7.55. The fourth-order valence-corrected chi connectivity index (χ4v) is 2.24. The van der Waals surface area contributed by atoms with Crippen LogP contribution < -0.4 is 5.32 Å². The highest BCUT2D eigenvalue weighted by atomic mass is 35.5. The molecule has 0 amide bonds. The van der Waals surface area contributed by atoms with E-state index in [1.54, 1.807) is 12.3 Å². The van der Waals surface area contributed by atoms with Crippen LogP contribution in [0.5, 0.6) is 0 Å². The minimum absolute atomic E-state index is 0.0611. The van der Waals surface area contributed by atoms with Crippen LogP contribution in [0, 0.1) is 10.1 Å². The minimum Gasteiger partial charge on any atom is -0.312 e. The lowest BCUT2D eigenvalue weighted by Gasteiger charge is -2.05. The number of nitro benzene ring substituents is 1. The molecular weight excluding hydrogens is 276 g/mol. The highest BCUT2D eigenvalue weighted by molar-refractivity contribution is 7.84. The Bertz CT molecular complexity index is 454. The van der Waals surface area contributed by atoms with Crippen LogP contribution in [0.3, 0.4) is 0 Å². The van der Waals surface area contributed by atoms with E-state index in [2.05, 4.69) is 5.32 Å². The Kier molecular flexibility index (Phi) is 6.24. The maximum absolute atomic E-state index is 10.8. The second-order valence-corrected chi connectivity index (χ2v) is 5.83. The molecule has 0 aliphatic heterocycles. The lowest BCUT2D eigenvalue weighted by Crippen LogP contribution is -2.17. The van der Waals surface area contributed by atoms with Gasteiger partial charge in [0.2, 0.25) is 0 Å². The molecule has 0 saturated heterocycles. The summed E-state index contributed by atoms with van der Waals surface area (Å²) in [6.07, 6.45) is 2.43. The fourth-order valence-electron chi connectivity index (χ4n) is 1.50. The Balaban J connectivity index is 2.53. The third kappa shape index (κ3) is 5.12. The van der Waals surface area contributed by atoms with Gasteiger partial charge in [-0.1, -0.05) is 11.6 Å². The summed E-state index contributed by atoms with van der Waals surface area (Å²) in [6.45, 7) is 1.05. The van der Waals surface area contributed by atoms with Crippen molar-refractivity contribution in [2.75, 3.05) is 18.6 Å². The monoisotopic (exact) mass is 290 g/mol. The average molecular weight is 291 g/mol. The zero-order valence-electron chi connectivity index (χ0n) is 10.0. The zero-order valence-corrected chi connectivity index (χ0v) is 11.6. The molecule has 0 saturated carbocycles. The highest BCUT2D eigenvalue weighted by Gasteiger charge is 2.13. The molecule has 7 heteroatoms. The van der Waals surface area contributed by atoms with Crippen LogP contribution >= 0.6 is 11.6 Å². The van der Waals surface area contributed by atoms with Gasteiger partial charge in [-0.3, -0.25) is 14.3 Å². The van der Waals surface area contributed by atoms with Crippen molar-refractivity contribution in [3.63, 3.8) is 0 Å². The number of nitrogens with zero attached hydrogens (tertiary/aromatic N) is 1. The molecule has 5 nitrogen and oxygen atoms in total. The zero-order chi connectivity index (χ0) is 13.5. The molecule has 0 aliphatic carbocycles. The van der Waals surface area contributed by atoms with Gasteiger partial charge in [0.25, 0.3) is 5.69 Å². The van der Waals surface area contributed by atoms with E-state index in [0.717, 1.165) is 6.42 Å². The van der Waals surface area contributed by atoms with Crippen LogP contribution in [-0.4, -0.2) is 27.7 Å². The summed E-state index contributed by atoms with van der Waals surface area (Å²) in [7, 11) is -0.798. The first-order chi connectivity index (χ1) is 8.50. The summed E-state index contributed by atoms with van der Waals surface area (Å²) in [5, 5.41) is 14.4. The summed E-state index contributed by atoms with van der Waals surface area (Å²) in [6, 6.07) is 4.49. The van der Waals surface area contributed by atoms with Crippen molar-refractivity contribution in [3.8, 4) is 0 Å². The van der Waals surface area contributed by atoms with Crippen molar-refractivity contribution in [3.05, 3.63) is 38.9 Å². The van der Waals surface area contributed by atoms with Gasteiger partial charge in [0.05, 0.1) is 4.92 Å². The predicted molar refractivity (Wildman–Crippen MR) is 73.4 cm³/mol. The van der Waals surface area contributed by atoms with Crippen molar-refractivity contribution in [2.24, 2.45) is 0 Å². The number of benzene rings is 1. The summed E-state index contributed by atoms with van der Waals surface area (Å²) >= 11 is 5.81. The van der Waals surface area contributed by atoms with E-state index in [4.69, 9.17) is 11.6 Å². The van der Waals surface area contributed by atoms with Gasteiger partial charge >= 0.3 is 0 Å². The standard InChI is InChI=1S/C11H15ClN2O3S/c1-18(17)6-2-5-13-8-9-7-10(12)3-4-11(9)14(15)16/h3-4,7,13H,2,5-6,8H2,1H3. The fraction of sp³-hybridized carbons (Fsp3) is 0.455. The van der Waals surface area contributed by atoms with Crippen molar-refractivity contribution < 1.29 is 9.13 Å². The Labute approximate surface area is 113 Å². The Morgan fingerprint density at radius 3 is 2.83 bits per heavy atom. The first kappa shape index (κ1) is 15.1. The number of nitro groups is 1. The van der Waals surface area contributed by atoms with Gasteiger partial charge < -0.3 is 5.32 Å². The molecule has 1 rings (SSSR count). The minimum atomic E-state index is -0.798. The predicted octanol–water partition coefficient (Wildman–Crippen LogP) is 2.11. The average Bonchev–Trinajstić information content (AvgIpc) is 2.27. The summed E-state index contributed by atoms with van der Waals surface area (Å²) < 4.78 is 10.8. The molecule has 1 N–H and O–H groups in total. The van der Waals surface area contributed by atoms with Crippen molar-refractivity contribution in [1.29, 1.82) is 0 Å². The molecular formula is C11H15ClN2O3S. The van der Waals surface area contributed by atoms with E-state index < -0.39 is 15.7 Å². The van der Waals surface area contributed by atoms with Crippen LogP contribution in [0.15, 0.2) is 18.2 Å². The van der Waals surface area contributed by atoms with Crippen LogP contribution in [0.25, 0.3) is 0 Å². The molecule has 1 aromatic carbocycles. The third-order valence-corrected chi connectivity index (χ3v) is 3.44. The number of nitrogens with one attached hydrogen (secondary N) is 1. The molecule has 1 aromatic rings. The molecule has 0 bridgehead atoms. The molecule has 0 spiro atoms. The summed E-state index contributed by atoms with van der Waals surface area (Å²) in [5.74, 6) is 0.630. The number of hydrogen-bond donors (Lipinski definition) is 1. The van der Waals surface area contributed by atoms with E-state index in [1.807, 2.05) is 0 Å². The molecule has 0 aromatic heterocycles. The molecule has 1 unspecified atom stereocenters. The molecule has 18 heavy (non-hydrogen) atoms. The van der Waals surface area contributed by atoms with E-state index in [1.165, 1.54) is 12.1 Å². The van der Waals surface area contributed by atoms with Crippen LogP contribution in [-0.2, 0) is 17.3 Å². The maximum Gasteiger partial charge on any atom is 0.273 e. The van der Waals surface area contributed by atoms with Gasteiger partial charge in [0.1, 0.15) is 0 Å². The third-order valence-electron chi connectivity index (χ3n) is 2.34. The smallest absolute Gasteiger partial charge is 0.273 e. The van der Waals surface area contributed by atoms with Crippen LogP contribution in [0.1, 0.15) is 12.0 Å². The number of halogens is 1. The quantitative estimate of drug-likeness (QED) is 0.474. The van der Waals surface area contributed by atoms with Gasteiger partial charge in [-0.05, 0) is 25.1 Å².